The van der Waals surface area contributed by atoms with Crippen molar-refractivity contribution in [1.82, 2.24) is 19.9 Å². The topological polar surface area (TPSA) is 66.8 Å². The van der Waals surface area contributed by atoms with Crippen LogP contribution in [0.3, 0.4) is 0 Å². The molecule has 0 atom stereocenters. The SMILES string of the molecule is CC(C)c1nc2c(c(Nc3ccc(C(F)(F)F)cn3)n1)CCN(c1ncccc1C(F)(F)F)CC2.Cl. The van der Waals surface area contributed by atoms with E-state index in [1.165, 1.54) is 18.3 Å². The molecule has 3 aromatic heterocycles. The van der Waals surface area contributed by atoms with Gasteiger partial charge in [-0.1, -0.05) is 13.8 Å². The predicted molar refractivity (Wildman–Crippen MR) is 125 cm³/mol. The minimum atomic E-state index is -4.55. The number of aromatic nitrogens is 4. The first-order valence-corrected chi connectivity index (χ1v) is 10.9. The lowest BCUT2D eigenvalue weighted by molar-refractivity contribution is -0.138. The summed E-state index contributed by atoms with van der Waals surface area (Å²) in [5.41, 5.74) is -0.334. The molecule has 0 bridgehead atoms. The number of anilines is 3. The largest absolute Gasteiger partial charge is 0.419 e. The lowest BCUT2D eigenvalue weighted by atomic mass is 10.1. The fourth-order valence-corrected chi connectivity index (χ4v) is 3.82. The first-order valence-electron chi connectivity index (χ1n) is 10.9. The van der Waals surface area contributed by atoms with Crippen molar-refractivity contribution in [2.75, 3.05) is 23.3 Å². The highest BCUT2D eigenvalue weighted by Gasteiger charge is 2.36. The molecule has 194 valence electrons. The van der Waals surface area contributed by atoms with Crippen molar-refractivity contribution in [3.63, 3.8) is 0 Å². The van der Waals surface area contributed by atoms with Crippen LogP contribution in [0.2, 0.25) is 0 Å². The molecule has 4 heterocycles. The smallest absolute Gasteiger partial charge is 0.355 e. The van der Waals surface area contributed by atoms with E-state index in [-0.39, 0.29) is 43.1 Å². The zero-order valence-electron chi connectivity index (χ0n) is 19.3. The predicted octanol–water partition coefficient (Wildman–Crippen LogP) is 6.20. The van der Waals surface area contributed by atoms with Gasteiger partial charge >= 0.3 is 12.4 Å². The van der Waals surface area contributed by atoms with Gasteiger partial charge in [0.25, 0.3) is 0 Å². The van der Waals surface area contributed by atoms with Crippen LogP contribution in [0.15, 0.2) is 36.7 Å². The van der Waals surface area contributed by atoms with E-state index in [0.717, 1.165) is 18.3 Å². The quantitative estimate of drug-likeness (QED) is 0.404. The third-order valence-corrected chi connectivity index (χ3v) is 5.61. The lowest BCUT2D eigenvalue weighted by Gasteiger charge is -2.24. The maximum absolute atomic E-state index is 13.5. The minimum absolute atomic E-state index is 0. The van der Waals surface area contributed by atoms with E-state index < -0.39 is 23.5 Å². The van der Waals surface area contributed by atoms with Crippen molar-refractivity contribution in [2.45, 2.75) is 45.0 Å². The van der Waals surface area contributed by atoms with E-state index >= 15 is 0 Å². The number of pyridine rings is 2. The summed E-state index contributed by atoms with van der Waals surface area (Å²) in [5, 5.41) is 2.98. The summed E-state index contributed by atoms with van der Waals surface area (Å²) in [6, 6.07) is 4.37. The summed E-state index contributed by atoms with van der Waals surface area (Å²) in [7, 11) is 0. The summed E-state index contributed by atoms with van der Waals surface area (Å²) in [6.45, 7) is 4.29. The van der Waals surface area contributed by atoms with Crippen LogP contribution in [-0.2, 0) is 25.2 Å². The molecule has 0 aromatic carbocycles. The second-order valence-electron chi connectivity index (χ2n) is 8.42. The van der Waals surface area contributed by atoms with Crippen LogP contribution < -0.4 is 10.2 Å². The van der Waals surface area contributed by atoms with Crippen molar-refractivity contribution in [3.8, 4) is 0 Å². The molecule has 36 heavy (non-hydrogen) atoms. The van der Waals surface area contributed by atoms with Crippen LogP contribution in [0, 0.1) is 0 Å². The molecule has 0 fully saturated rings. The van der Waals surface area contributed by atoms with Crippen molar-refractivity contribution in [1.29, 1.82) is 0 Å². The van der Waals surface area contributed by atoms with Crippen LogP contribution in [0.1, 0.15) is 48.0 Å². The lowest BCUT2D eigenvalue weighted by Crippen LogP contribution is -2.29. The van der Waals surface area contributed by atoms with Gasteiger partial charge in [0.15, 0.2) is 0 Å². The van der Waals surface area contributed by atoms with Gasteiger partial charge in [-0.15, -0.1) is 12.4 Å². The summed E-state index contributed by atoms with van der Waals surface area (Å²) < 4.78 is 79.3. The number of nitrogens with zero attached hydrogens (tertiary/aromatic N) is 5. The molecule has 13 heteroatoms. The molecular formula is C23H23ClF6N6. The maximum atomic E-state index is 13.5. The van der Waals surface area contributed by atoms with Gasteiger partial charge in [0.1, 0.15) is 23.3 Å². The third-order valence-electron chi connectivity index (χ3n) is 5.61. The molecule has 1 aliphatic heterocycles. The first kappa shape index (κ1) is 27.4. The number of hydrogen-bond acceptors (Lipinski definition) is 6. The highest BCUT2D eigenvalue weighted by molar-refractivity contribution is 5.85. The Labute approximate surface area is 209 Å². The van der Waals surface area contributed by atoms with Crippen LogP contribution in [0.5, 0.6) is 0 Å². The third kappa shape index (κ3) is 5.97. The molecule has 0 saturated carbocycles. The maximum Gasteiger partial charge on any atom is 0.419 e. The van der Waals surface area contributed by atoms with Crippen LogP contribution in [0.25, 0.3) is 0 Å². The Bertz CT molecular complexity index is 1200. The number of rotatable bonds is 4. The summed E-state index contributed by atoms with van der Waals surface area (Å²) >= 11 is 0. The van der Waals surface area contributed by atoms with Crippen molar-refractivity contribution in [3.05, 3.63) is 64.9 Å². The second-order valence-corrected chi connectivity index (χ2v) is 8.42. The van der Waals surface area contributed by atoms with Crippen LogP contribution in [0.4, 0.5) is 43.8 Å². The minimum Gasteiger partial charge on any atom is -0.355 e. The molecule has 3 aromatic rings. The van der Waals surface area contributed by atoms with Crippen molar-refractivity contribution >= 4 is 29.9 Å². The van der Waals surface area contributed by atoms with E-state index in [1.54, 1.807) is 4.90 Å². The molecule has 1 N–H and O–H groups in total. The Morgan fingerprint density at radius 2 is 1.64 bits per heavy atom. The van der Waals surface area contributed by atoms with Gasteiger partial charge in [-0.3, -0.25) is 0 Å². The fourth-order valence-electron chi connectivity index (χ4n) is 3.82. The average molecular weight is 533 g/mol. The number of fused-ring (bicyclic) bond motifs is 1. The zero-order valence-corrected chi connectivity index (χ0v) is 20.1. The molecule has 0 aliphatic carbocycles. The fraction of sp³-hybridized carbons (Fsp3) is 0.391. The van der Waals surface area contributed by atoms with Gasteiger partial charge in [0.05, 0.1) is 16.8 Å². The molecular weight excluding hydrogens is 510 g/mol. The van der Waals surface area contributed by atoms with Gasteiger partial charge in [-0.2, -0.15) is 26.3 Å². The Kier molecular flexibility index (Phi) is 7.97. The number of alkyl halides is 6. The Morgan fingerprint density at radius 1 is 0.917 bits per heavy atom. The van der Waals surface area contributed by atoms with Gasteiger partial charge in [-0.25, -0.2) is 19.9 Å². The Morgan fingerprint density at radius 3 is 2.25 bits per heavy atom. The van der Waals surface area contributed by atoms with Gasteiger partial charge in [0.2, 0.25) is 0 Å². The molecule has 4 rings (SSSR count). The molecule has 1 aliphatic rings. The molecule has 0 radical (unpaired) electrons. The van der Waals surface area contributed by atoms with E-state index in [2.05, 4.69) is 25.3 Å². The summed E-state index contributed by atoms with van der Waals surface area (Å²) in [5.74, 6) is 0.862. The normalized spacial score (nSPS) is 14.2. The standard InChI is InChI=1S/C23H22F6N6.ClH/c1-13(2)19-32-17-8-11-35(21-16(23(27,28)29)4-3-9-30-21)10-7-15(17)20(34-19)33-18-6-5-14(12-31-18)22(24,25)26;/h3-6,9,12-13H,7-8,10-11H2,1-2H3,(H,31,32,33,34);1H. The van der Waals surface area contributed by atoms with E-state index in [9.17, 15) is 26.3 Å². The first-order chi connectivity index (χ1) is 16.4. The summed E-state index contributed by atoms with van der Waals surface area (Å²) in [4.78, 5) is 18.6. The van der Waals surface area contributed by atoms with E-state index in [1.807, 2.05) is 13.8 Å². The summed E-state index contributed by atoms with van der Waals surface area (Å²) in [6.07, 6.45) is -6.35. The van der Waals surface area contributed by atoms with Crippen LogP contribution >= 0.6 is 12.4 Å². The van der Waals surface area contributed by atoms with Gasteiger partial charge in [-0.05, 0) is 30.7 Å². The molecule has 6 nitrogen and oxygen atoms in total. The van der Waals surface area contributed by atoms with Crippen molar-refractivity contribution in [2.24, 2.45) is 0 Å². The van der Waals surface area contributed by atoms with Crippen LogP contribution in [-0.4, -0.2) is 33.0 Å². The molecule has 0 saturated heterocycles. The molecule has 0 spiro atoms. The highest BCUT2D eigenvalue weighted by atomic mass is 35.5. The van der Waals surface area contributed by atoms with E-state index in [4.69, 9.17) is 0 Å². The molecule has 0 amide bonds. The monoisotopic (exact) mass is 532 g/mol. The van der Waals surface area contributed by atoms with Gasteiger partial charge < -0.3 is 10.2 Å². The van der Waals surface area contributed by atoms with E-state index in [0.29, 0.717) is 35.7 Å². The Hall–Kier alpha value is -3.15. The number of hydrogen-bond donors (Lipinski definition) is 1. The average Bonchev–Trinajstić information content (AvgIpc) is 3.01. The number of nitrogens with one attached hydrogen (secondary N) is 1. The van der Waals surface area contributed by atoms with Crippen molar-refractivity contribution < 1.29 is 26.3 Å². The zero-order chi connectivity index (χ0) is 25.4. The van der Waals surface area contributed by atoms with Gasteiger partial charge in [0, 0.05) is 43.4 Å². The molecule has 0 unspecified atom stereocenters. The highest BCUT2D eigenvalue weighted by Crippen LogP contribution is 2.36. The second kappa shape index (κ2) is 10.5. The number of halogens is 7. The Balaban J connectivity index is 0.00000361.